The standard InChI is InChI=1S/C39H47N5O4/c1-4-39(48)18-16-28-26-12-14-33-37(2,27(26)15-17-38(28,39)3)24-32(34(45)41-33)42-20-22-43(23-21-42)36(47)31-10-7-19-44(31)35(46)30-13-11-25-8-5-6-9-29(25)40-30/h1,5-6,8-9,11,13,24,26-28,31,33,48H,7,10,12,14-23H2,2-3H3,(H,41,45)/t26-,27+,28+,31+,33-,37-,38+,39+/m1/s1. The highest BCUT2D eigenvalue weighted by molar-refractivity contribution is 5.98. The number of rotatable bonds is 3. The summed E-state index contributed by atoms with van der Waals surface area (Å²) < 4.78 is 0. The van der Waals surface area contributed by atoms with Gasteiger partial charge in [0.1, 0.15) is 17.3 Å². The van der Waals surface area contributed by atoms with E-state index in [1.807, 2.05) is 35.2 Å². The molecule has 9 nitrogen and oxygen atoms in total. The minimum atomic E-state index is -1.03. The largest absolute Gasteiger partial charge is 0.377 e. The Morgan fingerprint density at radius 3 is 2.52 bits per heavy atom. The molecule has 1 aromatic carbocycles. The second kappa shape index (κ2) is 11.3. The zero-order valence-electron chi connectivity index (χ0n) is 28.2. The van der Waals surface area contributed by atoms with Crippen LogP contribution in [0.3, 0.4) is 0 Å². The van der Waals surface area contributed by atoms with Crippen molar-refractivity contribution in [1.29, 1.82) is 0 Å². The van der Waals surface area contributed by atoms with E-state index in [0.717, 1.165) is 55.1 Å². The van der Waals surface area contributed by atoms with Gasteiger partial charge in [0.2, 0.25) is 5.91 Å². The average molecular weight is 650 g/mol. The maximum Gasteiger partial charge on any atom is 0.273 e. The molecular weight excluding hydrogens is 602 g/mol. The molecule has 3 aliphatic carbocycles. The minimum Gasteiger partial charge on any atom is -0.377 e. The van der Waals surface area contributed by atoms with Gasteiger partial charge >= 0.3 is 0 Å². The average Bonchev–Trinajstić information content (AvgIpc) is 3.70. The molecule has 0 bridgehead atoms. The van der Waals surface area contributed by atoms with Gasteiger partial charge in [-0.05, 0) is 87.3 Å². The van der Waals surface area contributed by atoms with Crippen molar-refractivity contribution in [3.8, 4) is 12.3 Å². The summed E-state index contributed by atoms with van der Waals surface area (Å²) in [5.74, 6) is 3.82. The second-order valence-electron chi connectivity index (χ2n) is 15.7. The summed E-state index contributed by atoms with van der Waals surface area (Å²) in [5.41, 5.74) is 0.385. The first kappa shape index (κ1) is 31.4. The summed E-state index contributed by atoms with van der Waals surface area (Å²) in [4.78, 5) is 51.3. The van der Waals surface area contributed by atoms with Crippen LogP contribution >= 0.6 is 0 Å². The predicted molar refractivity (Wildman–Crippen MR) is 182 cm³/mol. The van der Waals surface area contributed by atoms with Crippen LogP contribution < -0.4 is 5.32 Å². The molecule has 6 aliphatic rings. The van der Waals surface area contributed by atoms with Crippen molar-refractivity contribution < 1.29 is 19.5 Å². The molecular formula is C39H47N5O4. The van der Waals surface area contributed by atoms with Gasteiger partial charge in [-0.25, -0.2) is 4.98 Å². The highest BCUT2D eigenvalue weighted by atomic mass is 16.3. The number of hydrogen-bond donors (Lipinski definition) is 2. The van der Waals surface area contributed by atoms with Gasteiger partial charge in [-0.15, -0.1) is 6.42 Å². The number of hydrogen-bond acceptors (Lipinski definition) is 6. The van der Waals surface area contributed by atoms with Gasteiger partial charge in [-0.2, -0.15) is 0 Å². The van der Waals surface area contributed by atoms with Crippen LogP contribution in [0.2, 0.25) is 0 Å². The van der Waals surface area contributed by atoms with Crippen LogP contribution in [0.25, 0.3) is 10.9 Å². The summed E-state index contributed by atoms with van der Waals surface area (Å²) in [6.45, 7) is 7.24. The van der Waals surface area contributed by atoms with Gasteiger partial charge in [-0.3, -0.25) is 14.4 Å². The van der Waals surface area contributed by atoms with Crippen molar-refractivity contribution in [3.63, 3.8) is 0 Å². The lowest BCUT2D eigenvalue weighted by molar-refractivity contribution is -0.137. The van der Waals surface area contributed by atoms with E-state index in [-0.39, 0.29) is 34.6 Å². The van der Waals surface area contributed by atoms with Gasteiger partial charge in [0.05, 0.1) is 11.2 Å². The molecule has 1 aromatic heterocycles. The Morgan fingerprint density at radius 2 is 1.73 bits per heavy atom. The molecule has 9 heteroatoms. The van der Waals surface area contributed by atoms with Crippen molar-refractivity contribution >= 4 is 28.6 Å². The smallest absolute Gasteiger partial charge is 0.273 e. The topological polar surface area (TPSA) is 106 Å². The van der Waals surface area contributed by atoms with Crippen molar-refractivity contribution in [2.75, 3.05) is 32.7 Å². The molecule has 3 saturated carbocycles. The molecule has 2 aromatic rings. The number of piperazine rings is 1. The molecule has 0 unspecified atom stereocenters. The van der Waals surface area contributed by atoms with Gasteiger partial charge in [0.15, 0.2) is 0 Å². The first-order valence-corrected chi connectivity index (χ1v) is 18.0. The number of nitrogens with zero attached hydrogens (tertiary/aromatic N) is 4. The Balaban J connectivity index is 0.957. The van der Waals surface area contributed by atoms with Crippen LogP contribution in [0.15, 0.2) is 48.2 Å². The van der Waals surface area contributed by atoms with Crippen LogP contribution in [0.5, 0.6) is 0 Å². The molecule has 8 rings (SSSR count). The molecule has 2 saturated heterocycles. The first-order chi connectivity index (χ1) is 23.1. The fourth-order valence-corrected chi connectivity index (χ4v) is 10.9. The lowest BCUT2D eigenvalue weighted by atomic mass is 9.47. The Morgan fingerprint density at radius 1 is 0.958 bits per heavy atom. The van der Waals surface area contributed by atoms with E-state index in [0.29, 0.717) is 69.0 Å². The summed E-state index contributed by atoms with van der Waals surface area (Å²) in [7, 11) is 0. The van der Waals surface area contributed by atoms with Crippen LogP contribution in [0.1, 0.15) is 75.7 Å². The van der Waals surface area contributed by atoms with E-state index < -0.39 is 11.6 Å². The first-order valence-electron chi connectivity index (χ1n) is 18.0. The molecule has 48 heavy (non-hydrogen) atoms. The van der Waals surface area contributed by atoms with Crippen molar-refractivity contribution in [1.82, 2.24) is 25.0 Å². The molecule has 0 radical (unpaired) electrons. The number of benzene rings is 1. The maximum atomic E-state index is 13.9. The van der Waals surface area contributed by atoms with Crippen molar-refractivity contribution in [3.05, 3.63) is 53.9 Å². The van der Waals surface area contributed by atoms with Crippen molar-refractivity contribution in [2.45, 2.75) is 82.9 Å². The molecule has 0 spiro atoms. The van der Waals surface area contributed by atoms with Crippen LogP contribution in [0.4, 0.5) is 0 Å². The number of amides is 3. The summed E-state index contributed by atoms with van der Waals surface area (Å²) in [5, 5.41) is 15.8. The molecule has 3 aliphatic heterocycles. The molecule has 252 valence electrons. The third-order valence-corrected chi connectivity index (χ3v) is 13.7. The zero-order valence-corrected chi connectivity index (χ0v) is 28.2. The number of likely N-dealkylation sites (tertiary alicyclic amines) is 1. The van der Waals surface area contributed by atoms with Gasteiger partial charge in [-0.1, -0.05) is 44.0 Å². The number of nitrogens with one attached hydrogen (secondary N) is 1. The number of aromatic nitrogens is 1. The normalized spacial score (nSPS) is 37.6. The van der Waals surface area contributed by atoms with Gasteiger partial charge in [0, 0.05) is 55.0 Å². The summed E-state index contributed by atoms with van der Waals surface area (Å²) in [6, 6.07) is 11.0. The van der Waals surface area contributed by atoms with Gasteiger partial charge in [0.25, 0.3) is 11.8 Å². The SMILES string of the molecule is C#C[C@]1(O)CC[C@H]2[C@@H]3CC[C@H]4NC(=O)C(N5CCN(C(=O)[C@@H]6CCCN6C(=O)c6ccc7ccccc7n6)CC5)=C[C@]4(C)[C@H]3CC[C@@]21C. The lowest BCUT2D eigenvalue weighted by Crippen LogP contribution is -2.63. The van der Waals surface area contributed by atoms with Crippen LogP contribution in [-0.2, 0) is 9.59 Å². The van der Waals surface area contributed by atoms with E-state index in [1.165, 1.54) is 0 Å². The highest BCUT2D eigenvalue weighted by Crippen LogP contribution is 2.66. The minimum absolute atomic E-state index is 0.0146. The Kier molecular flexibility index (Phi) is 7.41. The Hall–Kier alpha value is -3.90. The summed E-state index contributed by atoms with van der Waals surface area (Å²) >= 11 is 0. The number of aliphatic hydroxyl groups is 1. The van der Waals surface area contributed by atoms with E-state index in [9.17, 15) is 19.5 Å². The molecule has 3 amide bonds. The van der Waals surface area contributed by atoms with Gasteiger partial charge < -0.3 is 25.1 Å². The highest BCUT2D eigenvalue weighted by Gasteiger charge is 2.64. The van der Waals surface area contributed by atoms with Crippen molar-refractivity contribution in [2.24, 2.45) is 28.6 Å². The zero-order chi connectivity index (χ0) is 33.4. The van der Waals surface area contributed by atoms with E-state index in [2.05, 4.69) is 41.0 Å². The van der Waals surface area contributed by atoms with E-state index >= 15 is 0 Å². The number of fused-ring (bicyclic) bond motifs is 6. The molecule has 2 N–H and O–H groups in total. The second-order valence-corrected chi connectivity index (χ2v) is 15.7. The number of terminal acetylenes is 1. The van der Waals surface area contributed by atoms with Crippen LogP contribution in [-0.4, -0.2) is 92.9 Å². The fourth-order valence-electron chi connectivity index (χ4n) is 10.9. The number of carbonyl (C=O) groups excluding carboxylic acids is 3. The molecule has 4 heterocycles. The maximum absolute atomic E-state index is 13.9. The molecule has 8 atom stereocenters. The fraction of sp³-hybridized carbons (Fsp3) is 0.590. The summed E-state index contributed by atoms with van der Waals surface area (Å²) in [6.07, 6.45) is 15.1. The third kappa shape index (κ3) is 4.62. The Labute approximate surface area is 283 Å². The number of pyridine rings is 1. The van der Waals surface area contributed by atoms with E-state index in [4.69, 9.17) is 6.42 Å². The predicted octanol–water partition coefficient (Wildman–Crippen LogP) is 3.97. The lowest BCUT2D eigenvalue weighted by Gasteiger charge is -2.59. The quantitative estimate of drug-likeness (QED) is 0.488. The molecule has 5 fully saturated rings. The van der Waals surface area contributed by atoms with E-state index in [1.54, 1.807) is 11.0 Å². The third-order valence-electron chi connectivity index (χ3n) is 13.7. The number of para-hydroxylation sites is 1. The number of carbonyl (C=O) groups is 3. The monoisotopic (exact) mass is 649 g/mol. The van der Waals surface area contributed by atoms with Crippen LogP contribution in [0, 0.1) is 40.9 Å². The Bertz CT molecular complexity index is 1740.